The molecule has 67 heavy (non-hydrogen) atoms. The van der Waals surface area contributed by atoms with E-state index in [2.05, 4.69) is 265 Å². The second-order valence-electron chi connectivity index (χ2n) is 21.5. The van der Waals surface area contributed by atoms with Gasteiger partial charge in [-0.2, -0.15) is 0 Å². The number of benzene rings is 8. The molecule has 0 fully saturated rings. The SMILES string of the molecule is CC(C)(C)c1ccc(-c2cc(C(C)(C)C)ccc2N2c3ccccc3B3c4c2cc(N(c2ccccc2)c2ccccc2)cc4N(c2ccc(C(C)(C)C)cc2)c2oc4ccccc4c23)cc1. The molecule has 2 aliphatic rings. The molecule has 11 rings (SSSR count). The van der Waals surface area contributed by atoms with Crippen LogP contribution in [-0.2, 0) is 16.2 Å². The quantitative estimate of drug-likeness (QED) is 0.155. The summed E-state index contributed by atoms with van der Waals surface area (Å²) in [5, 5.41) is 1.13. The van der Waals surface area contributed by atoms with Crippen molar-refractivity contribution in [3.05, 3.63) is 205 Å². The van der Waals surface area contributed by atoms with Gasteiger partial charge < -0.3 is 14.2 Å². The monoisotopic (exact) mass is 871 g/mol. The number of nitrogens with zero attached hydrogens (tertiary/aromatic N) is 3. The van der Waals surface area contributed by atoms with Crippen LogP contribution < -0.4 is 31.1 Å². The fraction of sp³-hybridized carbons (Fsp3) is 0.194. The summed E-state index contributed by atoms with van der Waals surface area (Å²) in [5.74, 6) is 0.855. The molecule has 8 aromatic carbocycles. The fourth-order valence-electron chi connectivity index (χ4n) is 10.3. The first-order chi connectivity index (χ1) is 32.1. The van der Waals surface area contributed by atoms with Gasteiger partial charge in [-0.25, -0.2) is 0 Å². The van der Waals surface area contributed by atoms with Crippen molar-refractivity contribution in [1.29, 1.82) is 0 Å². The number of fused-ring (bicyclic) bond motifs is 6. The Kier molecular flexibility index (Phi) is 9.94. The summed E-state index contributed by atoms with van der Waals surface area (Å²) < 4.78 is 7.16. The van der Waals surface area contributed by atoms with Crippen molar-refractivity contribution < 1.29 is 4.42 Å². The lowest BCUT2D eigenvalue weighted by atomic mass is 9.33. The van der Waals surface area contributed by atoms with Crippen molar-refractivity contribution in [1.82, 2.24) is 0 Å². The van der Waals surface area contributed by atoms with Crippen LogP contribution >= 0.6 is 0 Å². The molecule has 330 valence electrons. The second-order valence-corrected chi connectivity index (χ2v) is 21.5. The molecular weight excluding hydrogens is 814 g/mol. The van der Waals surface area contributed by atoms with Crippen molar-refractivity contribution in [3.63, 3.8) is 0 Å². The molecule has 0 atom stereocenters. The standard InChI is InChI=1S/C62H58BN3O/c1-60(2,3)42-30-28-41(29-31-42)50-38-44(62(7,8)9)34-37-52(50)66-53-26-18-17-25-51(53)63-57-49-24-16-19-27-56(49)67-59(57)65(47-35-32-43(33-36-47)61(4,5)6)54-39-48(40-55(66)58(54)63)64(45-20-12-10-13-21-45)46-22-14-11-15-23-46/h10-40H,1-9H3. The molecule has 9 aromatic rings. The molecule has 2 aliphatic heterocycles. The van der Waals surface area contributed by atoms with E-state index in [0.717, 1.165) is 62.4 Å². The van der Waals surface area contributed by atoms with Crippen LogP contribution in [-0.4, -0.2) is 6.71 Å². The van der Waals surface area contributed by atoms with Crippen LogP contribution in [0.3, 0.4) is 0 Å². The minimum absolute atomic E-state index is 0.00147. The van der Waals surface area contributed by atoms with E-state index in [1.54, 1.807) is 0 Å². The number of hydrogen-bond donors (Lipinski definition) is 0. The molecule has 0 N–H and O–H groups in total. The van der Waals surface area contributed by atoms with E-state index in [9.17, 15) is 0 Å². The highest BCUT2D eigenvalue weighted by molar-refractivity contribution is 7.01. The molecule has 0 unspecified atom stereocenters. The summed E-state index contributed by atoms with van der Waals surface area (Å²) in [6.07, 6.45) is 0. The van der Waals surface area contributed by atoms with Crippen molar-refractivity contribution in [2.75, 3.05) is 14.7 Å². The number of para-hydroxylation sites is 4. The van der Waals surface area contributed by atoms with E-state index in [1.807, 2.05) is 0 Å². The van der Waals surface area contributed by atoms with Gasteiger partial charge in [0.25, 0.3) is 6.71 Å². The Balaban J connectivity index is 1.27. The lowest BCUT2D eigenvalue weighted by Gasteiger charge is -2.44. The van der Waals surface area contributed by atoms with Crippen LogP contribution in [0.2, 0.25) is 0 Å². The first-order valence-corrected chi connectivity index (χ1v) is 23.8. The average molecular weight is 872 g/mol. The molecule has 0 amide bonds. The third-order valence-electron chi connectivity index (χ3n) is 13.9. The maximum atomic E-state index is 7.16. The van der Waals surface area contributed by atoms with Gasteiger partial charge in [0.05, 0.1) is 11.4 Å². The lowest BCUT2D eigenvalue weighted by Crippen LogP contribution is -2.61. The third kappa shape index (κ3) is 7.24. The molecule has 4 nitrogen and oxygen atoms in total. The molecule has 0 radical (unpaired) electrons. The van der Waals surface area contributed by atoms with Crippen molar-refractivity contribution in [2.24, 2.45) is 0 Å². The van der Waals surface area contributed by atoms with Gasteiger partial charge in [-0.05, 0) is 122 Å². The molecule has 0 bridgehead atoms. The number of hydrogen-bond acceptors (Lipinski definition) is 4. The molecular formula is C62H58BN3O. The van der Waals surface area contributed by atoms with Crippen LogP contribution in [0.4, 0.5) is 51.4 Å². The zero-order chi connectivity index (χ0) is 46.4. The zero-order valence-electron chi connectivity index (χ0n) is 40.2. The topological polar surface area (TPSA) is 22.9 Å². The number of rotatable bonds is 6. The molecule has 5 heteroatoms. The molecule has 3 heterocycles. The highest BCUT2D eigenvalue weighted by Crippen LogP contribution is 2.51. The van der Waals surface area contributed by atoms with Gasteiger partial charge in [0.1, 0.15) is 5.58 Å². The van der Waals surface area contributed by atoms with E-state index in [-0.39, 0.29) is 23.0 Å². The van der Waals surface area contributed by atoms with E-state index in [0.29, 0.717) is 0 Å². The minimum Gasteiger partial charge on any atom is -0.440 e. The maximum absolute atomic E-state index is 7.16. The van der Waals surface area contributed by atoms with Gasteiger partial charge in [0, 0.05) is 50.5 Å². The van der Waals surface area contributed by atoms with Crippen LogP contribution in [0.25, 0.3) is 22.1 Å². The third-order valence-corrected chi connectivity index (χ3v) is 13.9. The lowest BCUT2D eigenvalue weighted by molar-refractivity contribution is 0.590. The van der Waals surface area contributed by atoms with Gasteiger partial charge in [-0.1, -0.05) is 178 Å². The smallest absolute Gasteiger partial charge is 0.257 e. The van der Waals surface area contributed by atoms with Gasteiger partial charge in [-0.3, -0.25) is 4.90 Å². The van der Waals surface area contributed by atoms with Gasteiger partial charge in [-0.15, -0.1) is 0 Å². The van der Waals surface area contributed by atoms with Crippen molar-refractivity contribution in [2.45, 2.75) is 78.6 Å². The molecule has 0 saturated heterocycles. The Morgan fingerprint density at radius 2 is 0.940 bits per heavy atom. The van der Waals surface area contributed by atoms with Gasteiger partial charge in [0.15, 0.2) is 0 Å². The van der Waals surface area contributed by atoms with E-state index < -0.39 is 0 Å². The largest absolute Gasteiger partial charge is 0.440 e. The summed E-state index contributed by atoms with van der Waals surface area (Å²) in [4.78, 5) is 7.36. The Labute approximate surface area is 397 Å². The summed E-state index contributed by atoms with van der Waals surface area (Å²) in [6, 6.07) is 69.6. The summed E-state index contributed by atoms with van der Waals surface area (Å²) in [6.45, 7) is 20.5. The van der Waals surface area contributed by atoms with E-state index in [4.69, 9.17) is 4.42 Å². The Bertz CT molecular complexity index is 3260. The average Bonchev–Trinajstić information content (AvgIpc) is 3.70. The predicted molar refractivity (Wildman–Crippen MR) is 286 cm³/mol. The minimum atomic E-state index is -0.111. The Hall–Kier alpha value is -7.24. The summed E-state index contributed by atoms with van der Waals surface area (Å²) in [7, 11) is 0. The van der Waals surface area contributed by atoms with E-state index in [1.165, 1.54) is 44.2 Å². The van der Waals surface area contributed by atoms with Crippen molar-refractivity contribution in [3.8, 4) is 11.1 Å². The van der Waals surface area contributed by atoms with Crippen LogP contribution in [0.15, 0.2) is 192 Å². The highest BCUT2D eigenvalue weighted by atomic mass is 16.4. The first kappa shape index (κ1) is 42.4. The van der Waals surface area contributed by atoms with Crippen LogP contribution in [0, 0.1) is 0 Å². The fourth-order valence-corrected chi connectivity index (χ4v) is 10.3. The number of furan rings is 1. The Morgan fingerprint density at radius 1 is 0.418 bits per heavy atom. The van der Waals surface area contributed by atoms with E-state index >= 15 is 0 Å². The van der Waals surface area contributed by atoms with Crippen molar-refractivity contribution >= 4 is 85.5 Å². The summed E-state index contributed by atoms with van der Waals surface area (Å²) >= 11 is 0. The normalized spacial score (nSPS) is 13.4. The van der Waals surface area contributed by atoms with Gasteiger partial charge >= 0.3 is 0 Å². The first-order valence-electron chi connectivity index (χ1n) is 23.8. The molecule has 0 spiro atoms. The summed E-state index contributed by atoms with van der Waals surface area (Å²) in [5.41, 5.74) is 19.6. The second kappa shape index (κ2) is 15.7. The predicted octanol–water partition coefficient (Wildman–Crippen LogP) is 15.5. The Morgan fingerprint density at radius 3 is 1.55 bits per heavy atom. The van der Waals surface area contributed by atoms with Crippen LogP contribution in [0.5, 0.6) is 0 Å². The molecule has 0 aliphatic carbocycles. The highest BCUT2D eigenvalue weighted by Gasteiger charge is 2.47. The van der Waals surface area contributed by atoms with Gasteiger partial charge in [0.2, 0.25) is 5.88 Å². The van der Waals surface area contributed by atoms with Crippen LogP contribution in [0.1, 0.15) is 79.0 Å². The number of anilines is 9. The zero-order valence-corrected chi connectivity index (χ0v) is 40.2. The maximum Gasteiger partial charge on any atom is 0.257 e. The molecule has 1 aromatic heterocycles. The molecule has 0 saturated carbocycles.